The average Bonchev–Trinajstić information content (AvgIpc) is 3.68. The van der Waals surface area contributed by atoms with E-state index in [4.69, 9.17) is 9.47 Å². The predicted molar refractivity (Wildman–Crippen MR) is 145 cm³/mol. The number of ether oxygens (including phenoxy) is 2. The average molecular weight is 507 g/mol. The van der Waals surface area contributed by atoms with E-state index < -0.39 is 17.6 Å². The molecule has 2 aromatic carbocycles. The molecule has 0 spiro atoms. The van der Waals surface area contributed by atoms with Crippen LogP contribution in [0.1, 0.15) is 70.7 Å². The second-order valence-corrected chi connectivity index (χ2v) is 11.0. The van der Waals surface area contributed by atoms with E-state index in [0.29, 0.717) is 53.6 Å². The van der Waals surface area contributed by atoms with Crippen molar-refractivity contribution >= 4 is 16.9 Å². The molecule has 1 aliphatic rings. The summed E-state index contributed by atoms with van der Waals surface area (Å²) in [6.45, 7) is 9.43. The highest BCUT2D eigenvalue weighted by Gasteiger charge is 2.36. The smallest absolute Gasteiger partial charge is 0.405 e. The van der Waals surface area contributed by atoms with Crippen LogP contribution in [0.15, 0.2) is 53.3 Å². The number of nitrogens with one attached hydrogen (secondary N) is 1. The molecule has 2 N–H and O–H groups in total. The molecule has 0 aliphatic heterocycles. The number of carbonyl (C=O) groups is 1. The van der Waals surface area contributed by atoms with Gasteiger partial charge in [0.25, 0.3) is 5.56 Å². The van der Waals surface area contributed by atoms with Gasteiger partial charge in [-0.15, -0.1) is 0 Å². The molecule has 1 aliphatic carbocycles. The lowest BCUT2D eigenvalue weighted by molar-refractivity contribution is 0.170. The van der Waals surface area contributed by atoms with Gasteiger partial charge in [0.05, 0.1) is 23.7 Å². The molecule has 7 nitrogen and oxygen atoms in total. The van der Waals surface area contributed by atoms with Crippen molar-refractivity contribution in [3.8, 4) is 11.5 Å². The number of amides is 1. The van der Waals surface area contributed by atoms with Crippen molar-refractivity contribution < 1.29 is 19.4 Å². The van der Waals surface area contributed by atoms with Crippen molar-refractivity contribution in [2.75, 3.05) is 6.61 Å². The van der Waals surface area contributed by atoms with Crippen molar-refractivity contribution in [2.24, 2.45) is 11.3 Å². The summed E-state index contributed by atoms with van der Waals surface area (Å²) in [5, 5.41) is 13.6. The van der Waals surface area contributed by atoms with Crippen LogP contribution in [0.4, 0.5) is 4.79 Å². The molecule has 1 saturated carbocycles. The van der Waals surface area contributed by atoms with E-state index in [1.165, 1.54) is 0 Å². The van der Waals surface area contributed by atoms with Crippen LogP contribution in [0.25, 0.3) is 10.8 Å². The molecule has 0 radical (unpaired) electrons. The zero-order valence-corrected chi connectivity index (χ0v) is 22.3. The van der Waals surface area contributed by atoms with Gasteiger partial charge in [0.1, 0.15) is 18.1 Å². The molecular weight excluding hydrogens is 468 g/mol. The Morgan fingerprint density at radius 3 is 2.46 bits per heavy atom. The predicted octanol–water partition coefficient (Wildman–Crippen LogP) is 6.52. The maximum absolute atomic E-state index is 13.9. The number of pyridine rings is 1. The lowest BCUT2D eigenvalue weighted by Gasteiger charge is -2.34. The highest BCUT2D eigenvalue weighted by atomic mass is 16.5. The van der Waals surface area contributed by atoms with Gasteiger partial charge in [0.15, 0.2) is 0 Å². The Labute approximate surface area is 218 Å². The summed E-state index contributed by atoms with van der Waals surface area (Å²) >= 11 is 0. The van der Waals surface area contributed by atoms with Gasteiger partial charge in [0, 0.05) is 11.9 Å². The van der Waals surface area contributed by atoms with Gasteiger partial charge in [0.2, 0.25) is 0 Å². The number of rotatable bonds is 11. The van der Waals surface area contributed by atoms with Gasteiger partial charge in [-0.05, 0) is 54.4 Å². The topological polar surface area (TPSA) is 89.8 Å². The molecule has 1 amide bonds. The number of benzene rings is 2. The SMILES string of the molecule is CCCCOc1c(C(NC(=O)O)C(C)(C)C)n(CC2CC2)c(=O)c2ccc(OCc3ccccc3)cc12. The van der Waals surface area contributed by atoms with Crippen molar-refractivity contribution in [2.45, 2.75) is 72.6 Å². The summed E-state index contributed by atoms with van der Waals surface area (Å²) in [6.07, 6.45) is 2.80. The van der Waals surface area contributed by atoms with Gasteiger partial charge >= 0.3 is 6.09 Å². The lowest BCUT2D eigenvalue weighted by Crippen LogP contribution is -2.40. The Hall–Kier alpha value is -3.48. The zero-order chi connectivity index (χ0) is 26.6. The Kier molecular flexibility index (Phi) is 8.10. The molecule has 37 heavy (non-hydrogen) atoms. The molecular formula is C30H38N2O5. The standard InChI is InChI=1S/C30H38N2O5/c1-5-6-16-36-26-24-17-22(37-19-21-10-8-7-9-11-21)14-15-23(24)28(33)32(18-20-12-13-20)25(26)27(30(2,3)4)31-29(34)35/h7-11,14-15,17,20,27,31H,5-6,12-13,16,18-19H2,1-4H3,(H,34,35). The van der Waals surface area contributed by atoms with Crippen LogP contribution in [-0.2, 0) is 13.2 Å². The second-order valence-electron chi connectivity index (χ2n) is 11.0. The molecule has 1 heterocycles. The summed E-state index contributed by atoms with van der Waals surface area (Å²) < 4.78 is 14.3. The molecule has 0 saturated heterocycles. The minimum atomic E-state index is -1.13. The Morgan fingerprint density at radius 2 is 1.84 bits per heavy atom. The fourth-order valence-corrected chi connectivity index (χ4v) is 4.56. The van der Waals surface area contributed by atoms with Gasteiger partial charge in [-0.25, -0.2) is 4.79 Å². The van der Waals surface area contributed by atoms with Gasteiger partial charge in [-0.1, -0.05) is 64.4 Å². The maximum atomic E-state index is 13.9. The van der Waals surface area contributed by atoms with Gasteiger partial charge in [-0.2, -0.15) is 0 Å². The van der Waals surface area contributed by atoms with E-state index in [9.17, 15) is 14.7 Å². The van der Waals surface area contributed by atoms with Crippen LogP contribution in [-0.4, -0.2) is 22.4 Å². The molecule has 198 valence electrons. The molecule has 1 unspecified atom stereocenters. The van der Waals surface area contributed by atoms with E-state index >= 15 is 0 Å². The molecule has 4 rings (SSSR count). The van der Waals surface area contributed by atoms with E-state index in [0.717, 1.165) is 31.2 Å². The Morgan fingerprint density at radius 1 is 1.11 bits per heavy atom. The quantitative estimate of drug-likeness (QED) is 0.289. The highest BCUT2D eigenvalue weighted by Crippen LogP contribution is 2.42. The third-order valence-electron chi connectivity index (χ3n) is 6.77. The van der Waals surface area contributed by atoms with Crippen molar-refractivity contribution in [3.63, 3.8) is 0 Å². The zero-order valence-electron chi connectivity index (χ0n) is 22.3. The summed E-state index contributed by atoms with van der Waals surface area (Å²) in [4.78, 5) is 25.8. The van der Waals surface area contributed by atoms with E-state index in [1.54, 1.807) is 10.6 Å². The normalized spacial score (nSPS) is 14.4. The lowest BCUT2D eigenvalue weighted by atomic mass is 9.83. The molecule has 0 bridgehead atoms. The van der Waals surface area contributed by atoms with Crippen molar-refractivity contribution in [1.29, 1.82) is 0 Å². The molecule has 7 heteroatoms. The minimum absolute atomic E-state index is 0.129. The van der Waals surface area contributed by atoms with Crippen LogP contribution in [0.5, 0.6) is 11.5 Å². The molecule has 1 atom stereocenters. The summed E-state index contributed by atoms with van der Waals surface area (Å²) in [6, 6.07) is 14.7. The number of fused-ring (bicyclic) bond motifs is 1. The van der Waals surface area contributed by atoms with Crippen LogP contribution in [0.2, 0.25) is 0 Å². The van der Waals surface area contributed by atoms with E-state index in [1.807, 2.05) is 63.2 Å². The third-order valence-corrected chi connectivity index (χ3v) is 6.77. The van der Waals surface area contributed by atoms with E-state index in [2.05, 4.69) is 12.2 Å². The first-order valence-electron chi connectivity index (χ1n) is 13.2. The van der Waals surface area contributed by atoms with Crippen molar-refractivity contribution in [1.82, 2.24) is 9.88 Å². The first-order chi connectivity index (χ1) is 17.7. The molecule has 1 fully saturated rings. The van der Waals surface area contributed by atoms with Crippen LogP contribution in [0, 0.1) is 11.3 Å². The van der Waals surface area contributed by atoms with Crippen LogP contribution < -0.4 is 20.3 Å². The van der Waals surface area contributed by atoms with Crippen molar-refractivity contribution in [3.05, 3.63) is 70.1 Å². The number of carboxylic acid groups (broad SMARTS) is 1. The fourth-order valence-electron chi connectivity index (χ4n) is 4.56. The first kappa shape index (κ1) is 26.6. The largest absolute Gasteiger partial charge is 0.491 e. The molecule has 3 aromatic rings. The van der Waals surface area contributed by atoms with Crippen LogP contribution >= 0.6 is 0 Å². The number of aromatic nitrogens is 1. The Bertz CT molecular complexity index is 1290. The van der Waals surface area contributed by atoms with E-state index in [-0.39, 0.29) is 5.56 Å². The maximum Gasteiger partial charge on any atom is 0.405 e. The summed E-state index contributed by atoms with van der Waals surface area (Å²) in [5.41, 5.74) is 1.00. The van der Waals surface area contributed by atoms with Crippen LogP contribution in [0.3, 0.4) is 0 Å². The fraction of sp³-hybridized carbons (Fsp3) is 0.467. The Balaban J connectivity index is 1.90. The first-order valence-corrected chi connectivity index (χ1v) is 13.2. The highest BCUT2D eigenvalue weighted by molar-refractivity contribution is 5.90. The van der Waals surface area contributed by atoms with Gasteiger partial charge in [-0.3, -0.25) is 4.79 Å². The summed E-state index contributed by atoms with van der Waals surface area (Å²) in [7, 11) is 0. The summed E-state index contributed by atoms with van der Waals surface area (Å²) in [5.74, 6) is 1.60. The second kappa shape index (κ2) is 11.3. The number of hydrogen-bond donors (Lipinski definition) is 2. The minimum Gasteiger partial charge on any atom is -0.491 e. The number of unbranched alkanes of at least 4 members (excludes halogenated alkanes) is 1. The number of hydrogen-bond acceptors (Lipinski definition) is 4. The van der Waals surface area contributed by atoms with Gasteiger partial charge < -0.3 is 24.5 Å². The third kappa shape index (κ3) is 6.45. The monoisotopic (exact) mass is 506 g/mol. The molecule has 1 aromatic heterocycles. The number of nitrogens with zero attached hydrogens (tertiary/aromatic N) is 1.